The predicted molar refractivity (Wildman–Crippen MR) is 32.4 cm³/mol. The number of hydrogen-bond donors (Lipinski definition) is 2. The average molecular weight is 88.0 g/mol. The topological polar surface area (TPSA) is 52.0 Å². The molecule has 0 fully saturated rings. The molecule has 0 atom stereocenters. The molecule has 4 N–H and O–H groups in total. The summed E-state index contributed by atoms with van der Waals surface area (Å²) >= 11 is 0. The van der Waals surface area contributed by atoms with Gasteiger partial charge in [0.2, 0.25) is 0 Å². The SMILES string of the molecule is B.CCC(N)N. The van der Waals surface area contributed by atoms with Crippen LogP contribution < -0.4 is 11.5 Å². The molecule has 3 heteroatoms. The highest BCUT2D eigenvalue weighted by molar-refractivity contribution is 5.75. The van der Waals surface area contributed by atoms with E-state index in [0.29, 0.717) is 0 Å². The zero-order valence-corrected chi connectivity index (χ0v) is 3.44. The first-order valence-corrected chi connectivity index (χ1v) is 1.78. The molecule has 0 aromatic rings. The normalized spacial score (nSPS) is 8.00. The molecular formula is C3H13BN2. The molecule has 0 saturated heterocycles. The summed E-state index contributed by atoms with van der Waals surface area (Å²) in [4.78, 5) is 0. The molecule has 0 unspecified atom stereocenters. The molecule has 6 heavy (non-hydrogen) atoms. The van der Waals surface area contributed by atoms with Crippen LogP contribution >= 0.6 is 0 Å². The van der Waals surface area contributed by atoms with E-state index in [9.17, 15) is 0 Å². The van der Waals surface area contributed by atoms with Crippen molar-refractivity contribution in [2.45, 2.75) is 19.5 Å². The van der Waals surface area contributed by atoms with E-state index in [1.54, 1.807) is 0 Å². The Bertz CT molecular complexity index is 22.8. The third-order valence-electron chi connectivity index (χ3n) is 0.471. The summed E-state index contributed by atoms with van der Waals surface area (Å²) < 4.78 is 0. The zero-order valence-electron chi connectivity index (χ0n) is 3.44. The molecular weight excluding hydrogens is 74.9 g/mol. The van der Waals surface area contributed by atoms with Gasteiger partial charge in [-0.25, -0.2) is 0 Å². The highest BCUT2D eigenvalue weighted by Gasteiger charge is 1.79. The standard InChI is InChI=1S/C3H10N2.BH3/c1-2-3(4)5;/h3H,2,4-5H2,1H3;1H3. The van der Waals surface area contributed by atoms with Gasteiger partial charge in [-0.15, -0.1) is 0 Å². The molecule has 0 aromatic carbocycles. The summed E-state index contributed by atoms with van der Waals surface area (Å²) in [6.45, 7) is 1.95. The maximum atomic E-state index is 5.07. The Kier molecular flexibility index (Phi) is 7.78. The Balaban J connectivity index is 0. The van der Waals surface area contributed by atoms with Gasteiger partial charge in [-0.2, -0.15) is 0 Å². The first-order valence-electron chi connectivity index (χ1n) is 1.78. The minimum absolute atomic E-state index is 0. The average Bonchev–Trinajstić information content (AvgIpc) is 1.38. The summed E-state index contributed by atoms with van der Waals surface area (Å²) in [5.41, 5.74) is 10.1. The molecule has 0 heterocycles. The summed E-state index contributed by atoms with van der Waals surface area (Å²) in [6.07, 6.45) is 0.745. The monoisotopic (exact) mass is 88.1 g/mol. The van der Waals surface area contributed by atoms with Crippen LogP contribution in [0.25, 0.3) is 0 Å². The van der Waals surface area contributed by atoms with Gasteiger partial charge in [0.15, 0.2) is 0 Å². The predicted octanol–water partition coefficient (Wildman–Crippen LogP) is -1.54. The smallest absolute Gasteiger partial charge is 0.0814 e. The molecule has 0 amide bonds. The minimum Gasteiger partial charge on any atom is -0.316 e. The number of rotatable bonds is 1. The molecule has 0 spiro atoms. The Morgan fingerprint density at radius 3 is 1.67 bits per heavy atom. The second-order valence-corrected chi connectivity index (χ2v) is 1.07. The van der Waals surface area contributed by atoms with E-state index in [-0.39, 0.29) is 14.6 Å². The van der Waals surface area contributed by atoms with E-state index in [4.69, 9.17) is 11.5 Å². The third kappa shape index (κ3) is 9.01. The molecule has 38 valence electrons. The third-order valence-corrected chi connectivity index (χ3v) is 0.471. The molecule has 0 rings (SSSR count). The molecule has 0 bridgehead atoms. The van der Waals surface area contributed by atoms with Gasteiger partial charge < -0.3 is 11.5 Å². The van der Waals surface area contributed by atoms with Crippen LogP contribution in [0.15, 0.2) is 0 Å². The number of hydrogen-bond acceptors (Lipinski definition) is 2. The quantitative estimate of drug-likeness (QED) is 0.301. The zero-order chi connectivity index (χ0) is 4.28. The van der Waals surface area contributed by atoms with Gasteiger partial charge >= 0.3 is 0 Å². The Morgan fingerprint density at radius 2 is 1.67 bits per heavy atom. The van der Waals surface area contributed by atoms with Crippen molar-refractivity contribution in [1.29, 1.82) is 0 Å². The Hall–Kier alpha value is -0.0151. The van der Waals surface area contributed by atoms with Gasteiger partial charge in [0.25, 0.3) is 0 Å². The van der Waals surface area contributed by atoms with Crippen LogP contribution in [0.4, 0.5) is 0 Å². The second kappa shape index (κ2) is 4.98. The Labute approximate surface area is 40.5 Å². The van der Waals surface area contributed by atoms with Crippen LogP contribution in [0.2, 0.25) is 0 Å². The van der Waals surface area contributed by atoms with E-state index < -0.39 is 0 Å². The highest BCUT2D eigenvalue weighted by Crippen LogP contribution is 1.68. The highest BCUT2D eigenvalue weighted by atomic mass is 14.8. The molecule has 0 aliphatic heterocycles. The van der Waals surface area contributed by atoms with Crippen LogP contribution in [-0.4, -0.2) is 14.6 Å². The first-order chi connectivity index (χ1) is 2.27. The lowest BCUT2D eigenvalue weighted by Gasteiger charge is -1.92. The van der Waals surface area contributed by atoms with Crippen molar-refractivity contribution in [2.24, 2.45) is 11.5 Å². The van der Waals surface area contributed by atoms with Crippen LogP contribution in [0.1, 0.15) is 13.3 Å². The van der Waals surface area contributed by atoms with Crippen molar-refractivity contribution in [3.8, 4) is 0 Å². The van der Waals surface area contributed by atoms with Gasteiger partial charge in [0.1, 0.15) is 0 Å². The van der Waals surface area contributed by atoms with Crippen molar-refractivity contribution in [3.63, 3.8) is 0 Å². The summed E-state index contributed by atoms with van der Waals surface area (Å²) in [6, 6.07) is 0. The second-order valence-electron chi connectivity index (χ2n) is 1.07. The minimum atomic E-state index is -0.116. The van der Waals surface area contributed by atoms with Crippen LogP contribution in [0.5, 0.6) is 0 Å². The van der Waals surface area contributed by atoms with Gasteiger partial charge in [-0.1, -0.05) is 6.92 Å². The molecule has 0 aliphatic carbocycles. The van der Waals surface area contributed by atoms with Crippen molar-refractivity contribution in [2.75, 3.05) is 0 Å². The largest absolute Gasteiger partial charge is 0.316 e. The number of nitrogens with two attached hydrogens (primary N) is 2. The van der Waals surface area contributed by atoms with Crippen molar-refractivity contribution in [3.05, 3.63) is 0 Å². The van der Waals surface area contributed by atoms with E-state index in [2.05, 4.69) is 0 Å². The van der Waals surface area contributed by atoms with Crippen LogP contribution in [-0.2, 0) is 0 Å². The summed E-state index contributed by atoms with van der Waals surface area (Å²) in [5, 5.41) is 0. The van der Waals surface area contributed by atoms with E-state index in [0.717, 1.165) is 6.42 Å². The lowest BCUT2D eigenvalue weighted by molar-refractivity contribution is 0.682. The fourth-order valence-electron chi connectivity index (χ4n) is 0. The maximum absolute atomic E-state index is 5.07. The maximum Gasteiger partial charge on any atom is 0.0814 e. The van der Waals surface area contributed by atoms with Crippen molar-refractivity contribution in [1.82, 2.24) is 0 Å². The molecule has 0 saturated carbocycles. The van der Waals surface area contributed by atoms with Crippen molar-refractivity contribution < 1.29 is 0 Å². The van der Waals surface area contributed by atoms with Gasteiger partial charge in [-0.3, -0.25) is 0 Å². The van der Waals surface area contributed by atoms with Gasteiger partial charge in [0.05, 0.1) is 14.6 Å². The fraction of sp³-hybridized carbons (Fsp3) is 1.00. The van der Waals surface area contributed by atoms with Gasteiger partial charge in [0, 0.05) is 0 Å². The summed E-state index contributed by atoms with van der Waals surface area (Å²) in [7, 11) is 0. The van der Waals surface area contributed by atoms with E-state index in [1.807, 2.05) is 6.92 Å². The van der Waals surface area contributed by atoms with E-state index >= 15 is 0 Å². The molecule has 2 nitrogen and oxygen atoms in total. The van der Waals surface area contributed by atoms with E-state index in [1.165, 1.54) is 0 Å². The van der Waals surface area contributed by atoms with Crippen molar-refractivity contribution >= 4 is 8.41 Å². The molecule has 0 aromatic heterocycles. The van der Waals surface area contributed by atoms with Crippen LogP contribution in [0, 0.1) is 0 Å². The first kappa shape index (κ1) is 9.37. The van der Waals surface area contributed by atoms with Crippen LogP contribution in [0.3, 0.4) is 0 Å². The molecule has 0 aliphatic rings. The summed E-state index contributed by atoms with van der Waals surface area (Å²) in [5.74, 6) is 0. The molecule has 0 radical (unpaired) electrons. The lowest BCUT2D eigenvalue weighted by atomic mass is 10.4. The lowest BCUT2D eigenvalue weighted by Crippen LogP contribution is -2.28. The fourth-order valence-corrected chi connectivity index (χ4v) is 0. The van der Waals surface area contributed by atoms with Gasteiger partial charge in [-0.05, 0) is 6.42 Å². The Morgan fingerprint density at radius 1 is 1.50 bits per heavy atom.